The van der Waals surface area contributed by atoms with Crippen LogP contribution in [0.15, 0.2) is 48.8 Å². The highest BCUT2D eigenvalue weighted by Gasteiger charge is 2.41. The average Bonchev–Trinajstić information content (AvgIpc) is 3.25. The number of aromatic nitrogens is 3. The number of hydrogen-bond donors (Lipinski definition) is 1. The third-order valence-electron chi connectivity index (χ3n) is 6.12. The molecular weight excluding hydrogens is 416 g/mol. The molecule has 4 rings (SSSR count). The lowest BCUT2D eigenvalue weighted by molar-refractivity contribution is 0.292. The van der Waals surface area contributed by atoms with Gasteiger partial charge in [-0.25, -0.2) is 4.98 Å². The van der Waals surface area contributed by atoms with Crippen LogP contribution in [-0.4, -0.2) is 56.6 Å². The van der Waals surface area contributed by atoms with Crippen molar-refractivity contribution in [2.24, 2.45) is 0 Å². The van der Waals surface area contributed by atoms with Crippen LogP contribution in [0, 0.1) is 20.8 Å². The first-order chi connectivity index (χ1) is 15.4. The molecule has 0 amide bonds. The summed E-state index contributed by atoms with van der Waals surface area (Å²) in [6.45, 7) is 8.30. The number of pyridine rings is 2. The number of nitrogens with one attached hydrogen (secondary N) is 1. The molecule has 168 valence electrons. The second kappa shape index (κ2) is 9.38. The zero-order valence-electron chi connectivity index (χ0n) is 19.5. The first-order valence-corrected chi connectivity index (χ1v) is 11.5. The summed E-state index contributed by atoms with van der Waals surface area (Å²) in [5.41, 5.74) is 5.78. The van der Waals surface area contributed by atoms with E-state index in [1.807, 2.05) is 24.5 Å². The van der Waals surface area contributed by atoms with E-state index in [1.165, 1.54) is 17.0 Å². The van der Waals surface area contributed by atoms with Crippen molar-refractivity contribution in [2.45, 2.75) is 39.3 Å². The molecule has 0 radical (unpaired) electrons. The maximum Gasteiger partial charge on any atom is 0.170 e. The van der Waals surface area contributed by atoms with Crippen LogP contribution in [-0.2, 0) is 0 Å². The topological polar surface area (TPSA) is 49.2 Å². The molecule has 1 N–H and O–H groups in total. The van der Waals surface area contributed by atoms with E-state index in [9.17, 15) is 0 Å². The predicted molar refractivity (Wildman–Crippen MR) is 133 cm³/mol. The summed E-state index contributed by atoms with van der Waals surface area (Å²) in [5.74, 6) is 0.943. The van der Waals surface area contributed by atoms with Gasteiger partial charge in [0.25, 0.3) is 0 Å². The van der Waals surface area contributed by atoms with E-state index in [-0.39, 0.29) is 12.1 Å². The van der Waals surface area contributed by atoms with Crippen LogP contribution in [0.25, 0.3) is 5.82 Å². The summed E-state index contributed by atoms with van der Waals surface area (Å²) >= 11 is 5.82. The van der Waals surface area contributed by atoms with Crippen molar-refractivity contribution >= 4 is 17.3 Å². The quantitative estimate of drug-likeness (QED) is 0.549. The van der Waals surface area contributed by atoms with Gasteiger partial charge in [-0.3, -0.25) is 4.98 Å². The zero-order valence-corrected chi connectivity index (χ0v) is 20.4. The van der Waals surface area contributed by atoms with Crippen LogP contribution in [0.3, 0.4) is 0 Å². The minimum Gasteiger partial charge on any atom is -0.352 e. The van der Waals surface area contributed by atoms with Crippen LogP contribution in [0.4, 0.5) is 0 Å². The second-order valence-electron chi connectivity index (χ2n) is 8.83. The second-order valence-corrected chi connectivity index (χ2v) is 9.22. The Morgan fingerprint density at radius 2 is 1.91 bits per heavy atom. The molecular formula is C25H32N6S. The van der Waals surface area contributed by atoms with E-state index >= 15 is 0 Å². The number of rotatable bonds is 7. The Morgan fingerprint density at radius 3 is 2.56 bits per heavy atom. The fourth-order valence-electron chi connectivity index (χ4n) is 4.57. The molecule has 0 aliphatic carbocycles. The Balaban J connectivity index is 1.76. The van der Waals surface area contributed by atoms with Gasteiger partial charge < -0.3 is 19.7 Å². The van der Waals surface area contributed by atoms with E-state index < -0.39 is 0 Å². The van der Waals surface area contributed by atoms with Gasteiger partial charge in [0.2, 0.25) is 0 Å². The molecule has 1 aliphatic rings. The molecule has 0 aromatic carbocycles. The van der Waals surface area contributed by atoms with Crippen molar-refractivity contribution in [3.63, 3.8) is 0 Å². The molecule has 3 aromatic rings. The van der Waals surface area contributed by atoms with Crippen molar-refractivity contribution in [3.8, 4) is 5.82 Å². The number of thiocarbonyl (C=S) groups is 1. The molecule has 4 heterocycles. The van der Waals surface area contributed by atoms with Gasteiger partial charge in [-0.1, -0.05) is 12.1 Å². The van der Waals surface area contributed by atoms with E-state index in [4.69, 9.17) is 12.2 Å². The third-order valence-corrected chi connectivity index (χ3v) is 6.47. The summed E-state index contributed by atoms with van der Waals surface area (Å²) in [4.78, 5) is 13.9. The van der Waals surface area contributed by atoms with E-state index in [0.29, 0.717) is 0 Å². The summed E-state index contributed by atoms with van der Waals surface area (Å²) in [6.07, 6.45) is 4.81. The largest absolute Gasteiger partial charge is 0.352 e. The van der Waals surface area contributed by atoms with Gasteiger partial charge in [0.15, 0.2) is 5.11 Å². The molecule has 2 atom stereocenters. The number of hydrogen-bond acceptors (Lipinski definition) is 4. The van der Waals surface area contributed by atoms with Gasteiger partial charge in [-0.2, -0.15) is 0 Å². The van der Waals surface area contributed by atoms with Crippen molar-refractivity contribution in [3.05, 3.63) is 77.0 Å². The maximum absolute atomic E-state index is 5.82. The minimum atomic E-state index is 0.00276. The molecule has 0 spiro atoms. The fourth-order valence-corrected chi connectivity index (χ4v) is 4.91. The van der Waals surface area contributed by atoms with Gasteiger partial charge in [-0.15, -0.1) is 0 Å². The predicted octanol–water partition coefficient (Wildman–Crippen LogP) is 4.12. The van der Waals surface area contributed by atoms with Gasteiger partial charge in [-0.05, 0) is 95.4 Å². The SMILES string of the molecule is Cc1ccc(-n2c(C)cc([C@H]3[C@@H](c4ccccn4)NC(=S)N3CCCN(C)C)c2C)nc1. The Morgan fingerprint density at radius 1 is 1.09 bits per heavy atom. The fraction of sp³-hybridized carbons (Fsp3) is 0.400. The first kappa shape index (κ1) is 22.4. The maximum atomic E-state index is 5.82. The highest BCUT2D eigenvalue weighted by molar-refractivity contribution is 7.80. The summed E-state index contributed by atoms with van der Waals surface area (Å²) in [7, 11) is 4.22. The van der Waals surface area contributed by atoms with Crippen LogP contribution in [0.1, 0.15) is 46.7 Å². The smallest absolute Gasteiger partial charge is 0.170 e. The van der Waals surface area contributed by atoms with Crippen molar-refractivity contribution in [1.82, 2.24) is 29.7 Å². The summed E-state index contributed by atoms with van der Waals surface area (Å²) < 4.78 is 2.24. The molecule has 32 heavy (non-hydrogen) atoms. The standard InChI is InChI=1S/C25H32N6S/c1-17-10-11-22(27-16-17)31-18(2)15-20(19(31)3)24-23(21-9-6-7-12-26-21)28-25(32)30(24)14-8-13-29(4)5/h6-7,9-12,15-16,23-24H,8,13-14H2,1-5H3,(H,28,32)/t23-,24+/m1/s1. The number of nitrogens with zero attached hydrogens (tertiary/aromatic N) is 5. The Hall–Kier alpha value is -2.77. The summed E-state index contributed by atoms with van der Waals surface area (Å²) in [6, 6.07) is 12.6. The lowest BCUT2D eigenvalue weighted by atomic mass is 9.96. The number of aryl methyl sites for hydroxylation is 2. The molecule has 0 bridgehead atoms. The highest BCUT2D eigenvalue weighted by atomic mass is 32.1. The normalized spacial score (nSPS) is 18.4. The Kier molecular flexibility index (Phi) is 6.58. The average molecular weight is 449 g/mol. The Labute approximate surface area is 196 Å². The van der Waals surface area contributed by atoms with Crippen LogP contribution in [0.2, 0.25) is 0 Å². The molecule has 0 unspecified atom stereocenters. The van der Waals surface area contributed by atoms with Gasteiger partial charge in [0.05, 0.1) is 17.8 Å². The van der Waals surface area contributed by atoms with Crippen LogP contribution in [0.5, 0.6) is 0 Å². The molecule has 1 aliphatic heterocycles. The Bertz CT molecular complexity index is 1070. The highest BCUT2D eigenvalue weighted by Crippen LogP contribution is 2.41. The molecule has 0 saturated carbocycles. The van der Waals surface area contributed by atoms with Gasteiger partial charge >= 0.3 is 0 Å². The zero-order chi connectivity index (χ0) is 22.8. The lowest BCUT2D eigenvalue weighted by Gasteiger charge is -2.28. The monoisotopic (exact) mass is 448 g/mol. The van der Waals surface area contributed by atoms with Crippen molar-refractivity contribution in [1.29, 1.82) is 0 Å². The molecule has 1 saturated heterocycles. The molecule has 1 fully saturated rings. The summed E-state index contributed by atoms with van der Waals surface area (Å²) in [5, 5.41) is 4.36. The van der Waals surface area contributed by atoms with Crippen molar-refractivity contribution in [2.75, 3.05) is 27.2 Å². The lowest BCUT2D eigenvalue weighted by Crippen LogP contribution is -2.32. The molecule has 3 aromatic heterocycles. The van der Waals surface area contributed by atoms with E-state index in [2.05, 4.69) is 88.8 Å². The molecule has 6 nitrogen and oxygen atoms in total. The van der Waals surface area contributed by atoms with E-state index in [1.54, 1.807) is 0 Å². The van der Waals surface area contributed by atoms with Crippen LogP contribution < -0.4 is 5.32 Å². The first-order valence-electron chi connectivity index (χ1n) is 11.1. The van der Waals surface area contributed by atoms with Crippen LogP contribution >= 0.6 is 12.2 Å². The van der Waals surface area contributed by atoms with E-state index in [0.717, 1.165) is 41.7 Å². The minimum absolute atomic E-state index is 0.00276. The van der Waals surface area contributed by atoms with Gasteiger partial charge in [0, 0.05) is 30.3 Å². The third kappa shape index (κ3) is 4.40. The van der Waals surface area contributed by atoms with Crippen molar-refractivity contribution < 1.29 is 0 Å². The molecule has 7 heteroatoms. The van der Waals surface area contributed by atoms with Gasteiger partial charge in [0.1, 0.15) is 5.82 Å².